The molecule has 1 aliphatic rings. The van der Waals surface area contributed by atoms with Crippen molar-refractivity contribution >= 4 is 27.7 Å². The number of hydrogen-bond acceptors (Lipinski definition) is 5. The third kappa shape index (κ3) is 2.27. The fourth-order valence-electron chi connectivity index (χ4n) is 2.09. The molecular weight excluding hydrogens is 272 g/mol. The van der Waals surface area contributed by atoms with Gasteiger partial charge in [0, 0.05) is 6.20 Å². The largest absolute Gasteiger partial charge is 0.394 e. The van der Waals surface area contributed by atoms with Crippen LogP contribution in [0.25, 0.3) is 0 Å². The van der Waals surface area contributed by atoms with Gasteiger partial charge in [0.05, 0.1) is 16.6 Å². The minimum Gasteiger partial charge on any atom is -0.394 e. The summed E-state index contributed by atoms with van der Waals surface area (Å²) >= 11 is 3.37. The predicted octanol–water partition coefficient (Wildman–Crippen LogP) is 1.54. The Hall–Kier alpha value is -0.880. The minimum absolute atomic E-state index is 0.114. The Morgan fingerprint density at radius 1 is 1.50 bits per heavy atom. The Balaban J connectivity index is 2.21. The quantitative estimate of drug-likeness (QED) is 0.785. The molecule has 6 heteroatoms. The van der Waals surface area contributed by atoms with Crippen molar-refractivity contribution in [2.45, 2.75) is 31.2 Å². The van der Waals surface area contributed by atoms with Gasteiger partial charge in [0.25, 0.3) is 0 Å². The van der Waals surface area contributed by atoms with Crippen molar-refractivity contribution < 1.29 is 5.11 Å². The van der Waals surface area contributed by atoms with Gasteiger partial charge in [-0.25, -0.2) is 4.98 Å². The van der Waals surface area contributed by atoms with E-state index in [1.165, 1.54) is 0 Å². The molecule has 1 heterocycles. The molecule has 4 N–H and O–H groups in total. The highest BCUT2D eigenvalue weighted by molar-refractivity contribution is 9.10. The lowest BCUT2D eigenvalue weighted by atomic mass is 9.99. The minimum atomic E-state index is -0.247. The Labute approximate surface area is 103 Å². The number of halogens is 1. The molecule has 16 heavy (non-hydrogen) atoms. The number of aliphatic hydroxyl groups is 1. The van der Waals surface area contributed by atoms with E-state index in [4.69, 9.17) is 5.73 Å². The standard InChI is InChI=1S/C10H15BrN4O/c11-7-5-13-9(12)14-8(7)15-10(6-16)3-1-2-4-10/h5,16H,1-4,6H2,(H3,12,13,14,15). The van der Waals surface area contributed by atoms with Crippen molar-refractivity contribution in [2.24, 2.45) is 0 Å². The van der Waals surface area contributed by atoms with Gasteiger partial charge < -0.3 is 16.2 Å². The summed E-state index contributed by atoms with van der Waals surface area (Å²) in [6.45, 7) is 0.114. The normalized spacial score (nSPS) is 18.6. The summed E-state index contributed by atoms with van der Waals surface area (Å²) < 4.78 is 0.765. The number of aromatic nitrogens is 2. The van der Waals surface area contributed by atoms with E-state index in [0.29, 0.717) is 5.82 Å². The zero-order valence-electron chi connectivity index (χ0n) is 8.91. The number of aliphatic hydroxyl groups excluding tert-OH is 1. The van der Waals surface area contributed by atoms with E-state index in [1.807, 2.05) is 0 Å². The third-order valence-electron chi connectivity index (χ3n) is 3.01. The van der Waals surface area contributed by atoms with Gasteiger partial charge >= 0.3 is 0 Å². The average Bonchev–Trinajstić information content (AvgIpc) is 2.73. The summed E-state index contributed by atoms with van der Waals surface area (Å²) in [5.41, 5.74) is 5.29. The summed E-state index contributed by atoms with van der Waals surface area (Å²) in [7, 11) is 0. The van der Waals surface area contributed by atoms with Crippen molar-refractivity contribution in [3.8, 4) is 0 Å². The van der Waals surface area contributed by atoms with Crippen LogP contribution in [0.4, 0.5) is 11.8 Å². The molecule has 0 saturated heterocycles. The van der Waals surface area contributed by atoms with E-state index in [9.17, 15) is 5.11 Å². The fourth-order valence-corrected chi connectivity index (χ4v) is 2.38. The van der Waals surface area contributed by atoms with Gasteiger partial charge in [-0.1, -0.05) is 12.8 Å². The summed E-state index contributed by atoms with van der Waals surface area (Å²) in [5, 5.41) is 12.8. The van der Waals surface area contributed by atoms with E-state index in [1.54, 1.807) is 6.20 Å². The van der Waals surface area contributed by atoms with E-state index in [2.05, 4.69) is 31.2 Å². The summed E-state index contributed by atoms with van der Waals surface area (Å²) in [6, 6.07) is 0. The second-order valence-electron chi connectivity index (χ2n) is 4.20. The number of anilines is 2. The molecule has 1 aromatic rings. The van der Waals surface area contributed by atoms with Crippen LogP contribution in [0.5, 0.6) is 0 Å². The molecule has 1 aliphatic carbocycles. The molecule has 1 aromatic heterocycles. The number of rotatable bonds is 3. The van der Waals surface area contributed by atoms with Crippen molar-refractivity contribution in [1.82, 2.24) is 9.97 Å². The first-order chi connectivity index (χ1) is 7.65. The molecule has 0 aliphatic heterocycles. The average molecular weight is 287 g/mol. The van der Waals surface area contributed by atoms with E-state index in [0.717, 1.165) is 30.2 Å². The van der Waals surface area contributed by atoms with E-state index < -0.39 is 0 Å². The molecule has 1 saturated carbocycles. The van der Waals surface area contributed by atoms with Crippen LogP contribution in [0.15, 0.2) is 10.7 Å². The maximum Gasteiger partial charge on any atom is 0.221 e. The zero-order valence-corrected chi connectivity index (χ0v) is 10.5. The second-order valence-corrected chi connectivity index (χ2v) is 5.05. The van der Waals surface area contributed by atoms with E-state index in [-0.39, 0.29) is 18.1 Å². The Morgan fingerprint density at radius 2 is 2.19 bits per heavy atom. The number of hydrogen-bond donors (Lipinski definition) is 3. The fraction of sp³-hybridized carbons (Fsp3) is 0.600. The molecule has 0 amide bonds. The van der Waals surface area contributed by atoms with Crippen LogP contribution >= 0.6 is 15.9 Å². The van der Waals surface area contributed by atoms with Crippen LogP contribution in [-0.4, -0.2) is 27.2 Å². The Bertz CT molecular complexity index is 379. The number of nitrogens with one attached hydrogen (secondary N) is 1. The van der Waals surface area contributed by atoms with Gasteiger partial charge in [-0.05, 0) is 28.8 Å². The molecular formula is C10H15BrN4O. The second kappa shape index (κ2) is 4.55. The van der Waals surface area contributed by atoms with Gasteiger partial charge in [-0.3, -0.25) is 0 Å². The molecule has 5 nitrogen and oxygen atoms in total. The first kappa shape index (κ1) is 11.6. The lowest BCUT2D eigenvalue weighted by molar-refractivity contribution is 0.213. The molecule has 0 atom stereocenters. The molecule has 0 bridgehead atoms. The van der Waals surface area contributed by atoms with Gasteiger partial charge in [0.2, 0.25) is 5.95 Å². The van der Waals surface area contributed by atoms with Crippen LogP contribution in [0.3, 0.4) is 0 Å². The zero-order chi connectivity index (χ0) is 11.6. The first-order valence-corrected chi connectivity index (χ1v) is 6.12. The topological polar surface area (TPSA) is 84.1 Å². The van der Waals surface area contributed by atoms with Crippen LogP contribution in [0.1, 0.15) is 25.7 Å². The maximum atomic E-state index is 9.49. The van der Waals surface area contributed by atoms with E-state index >= 15 is 0 Å². The van der Waals surface area contributed by atoms with Crippen LogP contribution in [0, 0.1) is 0 Å². The SMILES string of the molecule is Nc1ncc(Br)c(NC2(CO)CCCC2)n1. The molecule has 0 unspecified atom stereocenters. The number of nitrogen functional groups attached to an aromatic ring is 1. The van der Waals surface area contributed by atoms with Crippen LogP contribution in [-0.2, 0) is 0 Å². The van der Waals surface area contributed by atoms with Crippen molar-refractivity contribution in [2.75, 3.05) is 17.7 Å². The molecule has 0 radical (unpaired) electrons. The Morgan fingerprint density at radius 3 is 2.81 bits per heavy atom. The number of nitrogens with two attached hydrogens (primary N) is 1. The first-order valence-electron chi connectivity index (χ1n) is 5.32. The Kier molecular flexibility index (Phi) is 3.30. The van der Waals surface area contributed by atoms with Crippen LogP contribution < -0.4 is 11.1 Å². The molecule has 2 rings (SSSR count). The summed E-state index contributed by atoms with van der Waals surface area (Å²) in [4.78, 5) is 8.01. The highest BCUT2D eigenvalue weighted by Crippen LogP contribution is 2.34. The molecule has 1 fully saturated rings. The van der Waals surface area contributed by atoms with Gasteiger partial charge in [0.15, 0.2) is 0 Å². The predicted molar refractivity (Wildman–Crippen MR) is 66.1 cm³/mol. The molecule has 0 spiro atoms. The van der Waals surface area contributed by atoms with Crippen LogP contribution in [0.2, 0.25) is 0 Å². The van der Waals surface area contributed by atoms with Crippen molar-refractivity contribution in [3.63, 3.8) is 0 Å². The van der Waals surface area contributed by atoms with Gasteiger partial charge in [0.1, 0.15) is 5.82 Å². The molecule has 88 valence electrons. The maximum absolute atomic E-state index is 9.49. The smallest absolute Gasteiger partial charge is 0.221 e. The lowest BCUT2D eigenvalue weighted by Crippen LogP contribution is -2.39. The lowest BCUT2D eigenvalue weighted by Gasteiger charge is -2.29. The van der Waals surface area contributed by atoms with Crippen molar-refractivity contribution in [1.29, 1.82) is 0 Å². The third-order valence-corrected chi connectivity index (χ3v) is 3.59. The summed E-state index contributed by atoms with van der Waals surface area (Å²) in [6.07, 6.45) is 5.79. The number of nitrogens with zero attached hydrogens (tertiary/aromatic N) is 2. The van der Waals surface area contributed by atoms with Crippen molar-refractivity contribution in [3.05, 3.63) is 10.7 Å². The monoisotopic (exact) mass is 286 g/mol. The highest BCUT2D eigenvalue weighted by Gasteiger charge is 2.33. The summed E-state index contributed by atoms with van der Waals surface area (Å²) in [5.74, 6) is 0.889. The highest BCUT2D eigenvalue weighted by atomic mass is 79.9. The van der Waals surface area contributed by atoms with Gasteiger partial charge in [-0.15, -0.1) is 0 Å². The van der Waals surface area contributed by atoms with Gasteiger partial charge in [-0.2, -0.15) is 4.98 Å². The molecule has 0 aromatic carbocycles.